The van der Waals surface area contributed by atoms with Crippen molar-refractivity contribution < 1.29 is 24.6 Å². The van der Waals surface area contributed by atoms with Crippen molar-refractivity contribution in [3.05, 3.63) is 60.2 Å². The molecular formula is C21H20N2O5. The molecule has 2 fully saturated rings. The lowest BCUT2D eigenvalue weighted by molar-refractivity contribution is -0.145. The second-order valence-electron chi connectivity index (χ2n) is 7.54. The van der Waals surface area contributed by atoms with E-state index in [0.717, 1.165) is 11.1 Å². The fraction of sp³-hybridized carbons (Fsp3) is 0.286. The molecule has 0 heterocycles. The van der Waals surface area contributed by atoms with Gasteiger partial charge in [0.25, 0.3) is 5.91 Å². The highest BCUT2D eigenvalue weighted by atomic mass is 16.4. The van der Waals surface area contributed by atoms with Crippen LogP contribution in [-0.2, 0) is 9.59 Å². The van der Waals surface area contributed by atoms with Crippen LogP contribution >= 0.6 is 0 Å². The Morgan fingerprint density at radius 1 is 0.964 bits per heavy atom. The normalized spacial score (nSPS) is 30.3. The van der Waals surface area contributed by atoms with Crippen molar-refractivity contribution in [1.82, 2.24) is 5.32 Å². The van der Waals surface area contributed by atoms with Gasteiger partial charge in [0.05, 0.1) is 5.92 Å². The van der Waals surface area contributed by atoms with E-state index in [-0.39, 0.29) is 12.3 Å². The van der Waals surface area contributed by atoms with Crippen molar-refractivity contribution in [2.45, 2.75) is 18.0 Å². The molecule has 144 valence electrons. The van der Waals surface area contributed by atoms with Gasteiger partial charge in [-0.15, -0.1) is 0 Å². The van der Waals surface area contributed by atoms with Crippen molar-refractivity contribution in [2.75, 3.05) is 0 Å². The van der Waals surface area contributed by atoms with Crippen LogP contribution in [0.5, 0.6) is 0 Å². The molecule has 2 aromatic carbocycles. The first-order valence-electron chi connectivity index (χ1n) is 9.04. The number of carbonyl (C=O) groups excluding carboxylic acids is 1. The predicted molar refractivity (Wildman–Crippen MR) is 100 cm³/mol. The van der Waals surface area contributed by atoms with Gasteiger partial charge in [-0.3, -0.25) is 14.4 Å². The molecule has 7 heteroatoms. The van der Waals surface area contributed by atoms with E-state index in [0.29, 0.717) is 5.56 Å². The van der Waals surface area contributed by atoms with Gasteiger partial charge in [-0.25, -0.2) is 0 Å². The van der Waals surface area contributed by atoms with Crippen LogP contribution in [0.4, 0.5) is 0 Å². The van der Waals surface area contributed by atoms with Crippen LogP contribution in [0, 0.1) is 17.8 Å². The molecule has 0 bridgehead atoms. The zero-order valence-corrected chi connectivity index (χ0v) is 14.9. The molecule has 0 saturated heterocycles. The summed E-state index contributed by atoms with van der Waals surface area (Å²) in [4.78, 5) is 35.6. The number of hydrogen-bond donors (Lipinski definition) is 4. The molecular weight excluding hydrogens is 360 g/mol. The fourth-order valence-corrected chi connectivity index (χ4v) is 4.53. The second-order valence-corrected chi connectivity index (χ2v) is 7.54. The lowest BCUT2D eigenvalue weighted by Gasteiger charge is -2.25. The van der Waals surface area contributed by atoms with E-state index in [4.69, 9.17) is 5.73 Å². The first-order valence-corrected chi connectivity index (χ1v) is 9.04. The van der Waals surface area contributed by atoms with Crippen molar-refractivity contribution in [2.24, 2.45) is 23.5 Å². The zero-order valence-electron chi connectivity index (χ0n) is 14.9. The van der Waals surface area contributed by atoms with E-state index >= 15 is 0 Å². The van der Waals surface area contributed by atoms with Gasteiger partial charge >= 0.3 is 11.9 Å². The van der Waals surface area contributed by atoms with Gasteiger partial charge in [0.2, 0.25) is 0 Å². The molecule has 1 amide bonds. The summed E-state index contributed by atoms with van der Waals surface area (Å²) in [6, 6.07) is 16.2. The van der Waals surface area contributed by atoms with Crippen LogP contribution in [0.3, 0.4) is 0 Å². The summed E-state index contributed by atoms with van der Waals surface area (Å²) in [5.41, 5.74) is 6.80. The number of amides is 1. The third kappa shape index (κ3) is 2.84. The number of fused-ring (bicyclic) bond motifs is 1. The summed E-state index contributed by atoms with van der Waals surface area (Å²) >= 11 is 0. The molecule has 2 aromatic rings. The van der Waals surface area contributed by atoms with Gasteiger partial charge in [0.15, 0.2) is 0 Å². The van der Waals surface area contributed by atoms with Gasteiger partial charge in [-0.1, -0.05) is 42.5 Å². The Kier molecular flexibility index (Phi) is 4.19. The highest BCUT2D eigenvalue weighted by Gasteiger charge is 2.74. The molecule has 2 saturated carbocycles. The molecule has 5 N–H and O–H groups in total. The minimum absolute atomic E-state index is 0.0231. The van der Waals surface area contributed by atoms with E-state index < -0.39 is 41.3 Å². The highest BCUT2D eigenvalue weighted by molar-refractivity contribution is 5.95. The van der Waals surface area contributed by atoms with Crippen LogP contribution in [0.15, 0.2) is 54.6 Å². The van der Waals surface area contributed by atoms with E-state index in [1.807, 2.05) is 42.5 Å². The summed E-state index contributed by atoms with van der Waals surface area (Å²) in [5, 5.41) is 21.6. The summed E-state index contributed by atoms with van der Waals surface area (Å²) < 4.78 is 0. The van der Waals surface area contributed by atoms with Crippen LogP contribution in [0.25, 0.3) is 11.1 Å². The Morgan fingerprint density at radius 2 is 1.57 bits per heavy atom. The van der Waals surface area contributed by atoms with Crippen LogP contribution in [-0.4, -0.2) is 39.6 Å². The molecule has 2 aliphatic carbocycles. The smallest absolute Gasteiger partial charge is 0.324 e. The van der Waals surface area contributed by atoms with Gasteiger partial charge in [0.1, 0.15) is 5.54 Å². The molecule has 0 aromatic heterocycles. The number of carbonyl (C=O) groups is 3. The average Bonchev–Trinajstić information content (AvgIpc) is 3.38. The van der Waals surface area contributed by atoms with Gasteiger partial charge in [0, 0.05) is 17.5 Å². The standard InChI is InChI=1S/C21H20N2O5/c22-21(20(27)28)10-14(15-16(17(15)21)19(25)26)23-18(24)13-8-6-12(7-9-13)11-4-2-1-3-5-11/h1-9,14-17H,10,22H2,(H,23,24)(H,25,26)(H,27,28)/t14-,15-,16-,17-,21-/m0/s1. The van der Waals surface area contributed by atoms with Gasteiger partial charge in [-0.2, -0.15) is 0 Å². The molecule has 28 heavy (non-hydrogen) atoms. The molecule has 2 aliphatic rings. The molecule has 0 aliphatic heterocycles. The summed E-state index contributed by atoms with van der Waals surface area (Å²) in [6.07, 6.45) is 0.0231. The summed E-state index contributed by atoms with van der Waals surface area (Å²) in [6.45, 7) is 0. The lowest BCUT2D eigenvalue weighted by Crippen LogP contribution is -2.52. The molecule has 4 rings (SSSR count). The SMILES string of the molecule is N[C@@]1(C(=O)O)C[C@H](NC(=O)c2ccc(-c3ccccc3)cc2)[C@H]2[C@H](C(=O)O)[C@H]21. The number of carboxylic acids is 2. The molecule has 0 radical (unpaired) electrons. The molecule has 7 nitrogen and oxygen atoms in total. The Bertz CT molecular complexity index is 943. The van der Waals surface area contributed by atoms with E-state index in [1.165, 1.54) is 0 Å². The van der Waals surface area contributed by atoms with E-state index in [1.54, 1.807) is 12.1 Å². The van der Waals surface area contributed by atoms with Crippen LogP contribution in [0.2, 0.25) is 0 Å². The van der Waals surface area contributed by atoms with Crippen molar-refractivity contribution in [1.29, 1.82) is 0 Å². The second kappa shape index (κ2) is 6.45. The minimum atomic E-state index is -1.62. The Morgan fingerprint density at radius 3 is 2.14 bits per heavy atom. The maximum Gasteiger partial charge on any atom is 0.324 e. The summed E-state index contributed by atoms with van der Waals surface area (Å²) in [7, 11) is 0. The number of rotatable bonds is 5. The average molecular weight is 380 g/mol. The molecule has 0 unspecified atom stereocenters. The summed E-state index contributed by atoms with van der Waals surface area (Å²) in [5.74, 6) is -4.61. The van der Waals surface area contributed by atoms with Crippen LogP contribution < -0.4 is 11.1 Å². The number of carboxylic acid groups (broad SMARTS) is 2. The third-order valence-corrected chi connectivity index (χ3v) is 5.95. The number of nitrogens with two attached hydrogens (primary N) is 1. The van der Waals surface area contributed by atoms with E-state index in [9.17, 15) is 24.6 Å². The number of benzene rings is 2. The number of aliphatic carboxylic acids is 2. The maximum atomic E-state index is 12.6. The van der Waals surface area contributed by atoms with Gasteiger partial charge < -0.3 is 21.3 Å². The third-order valence-electron chi connectivity index (χ3n) is 5.95. The zero-order chi connectivity index (χ0) is 20.1. The van der Waals surface area contributed by atoms with Crippen LogP contribution in [0.1, 0.15) is 16.8 Å². The minimum Gasteiger partial charge on any atom is -0.481 e. The topological polar surface area (TPSA) is 130 Å². The maximum absolute atomic E-state index is 12.6. The quantitative estimate of drug-likeness (QED) is 0.623. The Labute approximate surface area is 161 Å². The van der Waals surface area contributed by atoms with Crippen molar-refractivity contribution >= 4 is 17.8 Å². The highest BCUT2D eigenvalue weighted by Crippen LogP contribution is 2.61. The largest absolute Gasteiger partial charge is 0.481 e. The Balaban J connectivity index is 1.49. The fourth-order valence-electron chi connectivity index (χ4n) is 4.53. The Hall–Kier alpha value is -3.19. The van der Waals surface area contributed by atoms with Gasteiger partial charge in [-0.05, 0) is 35.6 Å². The molecule has 5 atom stereocenters. The van der Waals surface area contributed by atoms with Crippen molar-refractivity contribution in [3.63, 3.8) is 0 Å². The number of nitrogens with one attached hydrogen (secondary N) is 1. The van der Waals surface area contributed by atoms with E-state index in [2.05, 4.69) is 5.32 Å². The number of hydrogen-bond acceptors (Lipinski definition) is 4. The lowest BCUT2D eigenvalue weighted by atomic mass is 9.90. The first-order chi connectivity index (χ1) is 13.3. The van der Waals surface area contributed by atoms with Crippen molar-refractivity contribution in [3.8, 4) is 11.1 Å². The monoisotopic (exact) mass is 380 g/mol. The predicted octanol–water partition coefficient (Wildman–Crippen LogP) is 1.58. The molecule has 0 spiro atoms. The first kappa shape index (κ1) is 18.2.